The predicted molar refractivity (Wildman–Crippen MR) is 50.6 cm³/mol. The summed E-state index contributed by atoms with van der Waals surface area (Å²) in [5, 5.41) is 9.04. The maximum absolute atomic E-state index is 9.04. The molecule has 1 N–H and O–H groups in total. The van der Waals surface area contributed by atoms with Crippen molar-refractivity contribution in [2.24, 2.45) is 0 Å². The molecule has 2 nitrogen and oxygen atoms in total. The van der Waals surface area contributed by atoms with Crippen LogP contribution in [0.15, 0.2) is 24.3 Å². The molecule has 0 aromatic heterocycles. The zero-order valence-electron chi connectivity index (χ0n) is 7.57. The van der Waals surface area contributed by atoms with E-state index in [1.54, 1.807) is 0 Å². The van der Waals surface area contributed by atoms with Crippen molar-refractivity contribution in [1.29, 1.82) is 0 Å². The molecule has 0 heterocycles. The summed E-state index contributed by atoms with van der Waals surface area (Å²) < 4.78 is 5.71. The highest BCUT2D eigenvalue weighted by molar-refractivity contribution is 5.32. The number of aliphatic hydroxyl groups is 1. The third-order valence-electron chi connectivity index (χ3n) is 2.49. The fourth-order valence-corrected chi connectivity index (χ4v) is 1.42. The number of ether oxygens (including phenoxy) is 1. The summed E-state index contributed by atoms with van der Waals surface area (Å²) in [5.41, 5.74) is 0.884. The van der Waals surface area contributed by atoms with Gasteiger partial charge in [-0.25, -0.2) is 0 Å². The van der Waals surface area contributed by atoms with Gasteiger partial charge in [0.05, 0.1) is 12.7 Å². The second-order valence-electron chi connectivity index (χ2n) is 3.44. The Morgan fingerprint density at radius 2 is 2.08 bits per heavy atom. The van der Waals surface area contributed by atoms with Crippen molar-refractivity contribution in [3.63, 3.8) is 0 Å². The molecule has 70 valence electrons. The highest BCUT2D eigenvalue weighted by Crippen LogP contribution is 2.27. The summed E-state index contributed by atoms with van der Waals surface area (Å²) in [4.78, 5) is 0. The van der Waals surface area contributed by atoms with Crippen LogP contribution in [0.4, 0.5) is 0 Å². The maximum atomic E-state index is 9.04. The van der Waals surface area contributed by atoms with E-state index in [-0.39, 0.29) is 6.61 Å². The van der Waals surface area contributed by atoms with Gasteiger partial charge in [0.2, 0.25) is 0 Å². The van der Waals surface area contributed by atoms with Crippen molar-refractivity contribution in [2.45, 2.75) is 32.0 Å². The monoisotopic (exact) mass is 178 g/mol. The smallest absolute Gasteiger partial charge is 0.125 e. The average molecular weight is 178 g/mol. The largest absolute Gasteiger partial charge is 0.490 e. The summed E-state index contributed by atoms with van der Waals surface area (Å²) in [7, 11) is 0. The first kappa shape index (κ1) is 8.57. The summed E-state index contributed by atoms with van der Waals surface area (Å²) in [6.45, 7) is 0.0584. The van der Waals surface area contributed by atoms with Crippen LogP contribution in [0.25, 0.3) is 0 Å². The number of hydrogen-bond donors (Lipinski definition) is 1. The van der Waals surface area contributed by atoms with E-state index in [1.165, 1.54) is 6.42 Å². The third-order valence-corrected chi connectivity index (χ3v) is 2.49. The van der Waals surface area contributed by atoms with Crippen LogP contribution in [0.3, 0.4) is 0 Å². The van der Waals surface area contributed by atoms with E-state index >= 15 is 0 Å². The van der Waals surface area contributed by atoms with Crippen LogP contribution in [0.2, 0.25) is 0 Å². The number of para-hydroxylation sites is 1. The van der Waals surface area contributed by atoms with Gasteiger partial charge in [-0.1, -0.05) is 18.2 Å². The summed E-state index contributed by atoms with van der Waals surface area (Å²) in [5.74, 6) is 0.842. The van der Waals surface area contributed by atoms with Crippen molar-refractivity contribution in [1.82, 2.24) is 0 Å². The van der Waals surface area contributed by atoms with E-state index in [2.05, 4.69) is 0 Å². The minimum absolute atomic E-state index is 0.0584. The maximum Gasteiger partial charge on any atom is 0.125 e. The van der Waals surface area contributed by atoms with Gasteiger partial charge in [-0.15, -0.1) is 0 Å². The molecule has 13 heavy (non-hydrogen) atoms. The van der Waals surface area contributed by atoms with Gasteiger partial charge in [-0.05, 0) is 25.3 Å². The summed E-state index contributed by atoms with van der Waals surface area (Å²) in [6.07, 6.45) is 3.96. The minimum Gasteiger partial charge on any atom is -0.490 e. The van der Waals surface area contributed by atoms with Gasteiger partial charge in [-0.3, -0.25) is 0 Å². The Hall–Kier alpha value is -1.02. The Labute approximate surface area is 78.2 Å². The number of hydrogen-bond acceptors (Lipinski definition) is 2. The Kier molecular flexibility index (Phi) is 2.50. The van der Waals surface area contributed by atoms with Gasteiger partial charge in [0, 0.05) is 5.56 Å². The Balaban J connectivity index is 2.08. The van der Waals surface area contributed by atoms with Crippen molar-refractivity contribution in [3.8, 4) is 5.75 Å². The fourth-order valence-electron chi connectivity index (χ4n) is 1.42. The fraction of sp³-hybridized carbons (Fsp3) is 0.455. The second-order valence-corrected chi connectivity index (χ2v) is 3.44. The van der Waals surface area contributed by atoms with Crippen molar-refractivity contribution in [3.05, 3.63) is 29.8 Å². The van der Waals surface area contributed by atoms with E-state index in [9.17, 15) is 0 Å². The van der Waals surface area contributed by atoms with E-state index < -0.39 is 0 Å². The molecule has 0 spiro atoms. The average Bonchev–Trinajstić information content (AvgIpc) is 2.12. The lowest BCUT2D eigenvalue weighted by atomic mass is 9.96. The van der Waals surface area contributed by atoms with Gasteiger partial charge in [0.25, 0.3) is 0 Å². The Bertz CT molecular complexity index is 279. The Morgan fingerprint density at radius 1 is 1.31 bits per heavy atom. The van der Waals surface area contributed by atoms with Gasteiger partial charge in [0.1, 0.15) is 5.75 Å². The van der Waals surface area contributed by atoms with Crippen LogP contribution in [0.5, 0.6) is 5.75 Å². The SMILES string of the molecule is OCc1ccccc1OC1CCC1. The summed E-state index contributed by atoms with van der Waals surface area (Å²) in [6, 6.07) is 7.67. The lowest BCUT2D eigenvalue weighted by molar-refractivity contribution is 0.116. The third kappa shape index (κ3) is 1.83. The minimum atomic E-state index is 0.0584. The lowest BCUT2D eigenvalue weighted by Crippen LogP contribution is -2.25. The first-order valence-electron chi connectivity index (χ1n) is 4.75. The zero-order valence-corrected chi connectivity index (χ0v) is 7.57. The molecule has 1 saturated carbocycles. The normalized spacial score (nSPS) is 16.7. The molecule has 1 aromatic rings. The molecule has 1 aliphatic carbocycles. The highest BCUT2D eigenvalue weighted by Gasteiger charge is 2.19. The summed E-state index contributed by atoms with van der Waals surface area (Å²) >= 11 is 0. The van der Waals surface area contributed by atoms with Crippen LogP contribution < -0.4 is 4.74 Å². The van der Waals surface area contributed by atoms with Crippen molar-refractivity contribution >= 4 is 0 Å². The molecule has 0 radical (unpaired) electrons. The number of aliphatic hydroxyl groups excluding tert-OH is 1. The second kappa shape index (κ2) is 3.79. The van der Waals surface area contributed by atoms with Gasteiger partial charge >= 0.3 is 0 Å². The quantitative estimate of drug-likeness (QED) is 0.768. The molecule has 1 aliphatic rings. The zero-order chi connectivity index (χ0) is 9.10. The lowest BCUT2D eigenvalue weighted by Gasteiger charge is -2.27. The van der Waals surface area contributed by atoms with Gasteiger partial charge in [-0.2, -0.15) is 0 Å². The van der Waals surface area contributed by atoms with E-state index in [4.69, 9.17) is 9.84 Å². The van der Waals surface area contributed by atoms with Gasteiger partial charge < -0.3 is 9.84 Å². The molecule has 0 bridgehead atoms. The van der Waals surface area contributed by atoms with Crippen molar-refractivity contribution in [2.75, 3.05) is 0 Å². The molecular formula is C11H14O2. The number of rotatable bonds is 3. The molecule has 2 rings (SSSR count). The Morgan fingerprint density at radius 3 is 2.69 bits per heavy atom. The highest BCUT2D eigenvalue weighted by atomic mass is 16.5. The topological polar surface area (TPSA) is 29.5 Å². The standard InChI is InChI=1S/C11H14O2/c12-8-9-4-1-2-7-11(9)13-10-5-3-6-10/h1-2,4,7,10,12H,3,5-6,8H2. The molecule has 0 saturated heterocycles. The molecule has 0 atom stereocenters. The molecule has 0 aliphatic heterocycles. The van der Waals surface area contributed by atoms with Crippen molar-refractivity contribution < 1.29 is 9.84 Å². The predicted octanol–water partition coefficient (Wildman–Crippen LogP) is 2.11. The first-order valence-corrected chi connectivity index (χ1v) is 4.75. The first-order chi connectivity index (χ1) is 6.40. The molecule has 0 amide bonds. The molecule has 1 aromatic carbocycles. The van der Waals surface area contributed by atoms with Crippen LogP contribution in [-0.4, -0.2) is 11.2 Å². The molecule has 0 unspecified atom stereocenters. The van der Waals surface area contributed by atoms with Gasteiger partial charge in [0.15, 0.2) is 0 Å². The van der Waals surface area contributed by atoms with Crippen LogP contribution in [0, 0.1) is 0 Å². The molecular weight excluding hydrogens is 164 g/mol. The number of benzene rings is 1. The van der Waals surface area contributed by atoms with Crippen LogP contribution >= 0.6 is 0 Å². The van der Waals surface area contributed by atoms with E-state index in [0.29, 0.717) is 6.10 Å². The molecule has 1 fully saturated rings. The van der Waals surface area contributed by atoms with E-state index in [0.717, 1.165) is 24.2 Å². The van der Waals surface area contributed by atoms with E-state index in [1.807, 2.05) is 24.3 Å². The molecule has 2 heteroatoms. The van der Waals surface area contributed by atoms with Crippen LogP contribution in [-0.2, 0) is 6.61 Å². The van der Waals surface area contributed by atoms with Crippen LogP contribution in [0.1, 0.15) is 24.8 Å².